The van der Waals surface area contributed by atoms with E-state index in [1.54, 1.807) is 16.4 Å². The van der Waals surface area contributed by atoms with E-state index in [-0.39, 0.29) is 4.75 Å². The quantitative estimate of drug-likeness (QED) is 0.782. The molecule has 21 heavy (non-hydrogen) atoms. The summed E-state index contributed by atoms with van der Waals surface area (Å²) >= 11 is 7.77. The van der Waals surface area contributed by atoms with Gasteiger partial charge in [-0.05, 0) is 43.5 Å². The van der Waals surface area contributed by atoms with Crippen LogP contribution in [0.2, 0.25) is 0 Å². The van der Waals surface area contributed by atoms with Crippen LogP contribution < -0.4 is 0 Å². The Morgan fingerprint density at radius 1 is 1.33 bits per heavy atom. The smallest absolute Gasteiger partial charge is 0.207 e. The van der Waals surface area contributed by atoms with Crippen molar-refractivity contribution < 1.29 is 8.42 Å². The molecule has 1 aromatic rings. The van der Waals surface area contributed by atoms with Crippen LogP contribution in [0.3, 0.4) is 0 Å². The number of alkyl halides is 1. The average Bonchev–Trinajstić information content (AvgIpc) is 2.45. The third kappa shape index (κ3) is 3.76. The molecule has 1 heterocycles. The lowest BCUT2D eigenvalue weighted by molar-refractivity contribution is 0.387. The summed E-state index contributed by atoms with van der Waals surface area (Å²) in [5.41, 5.74) is 2.02. The van der Waals surface area contributed by atoms with Crippen LogP contribution in [0.1, 0.15) is 31.9 Å². The zero-order chi connectivity index (χ0) is 15.7. The second-order valence-corrected chi connectivity index (χ2v) is 9.87. The normalized spacial score (nSPS) is 19.6. The lowest BCUT2D eigenvalue weighted by Crippen LogP contribution is -2.46. The molecule has 0 aromatic heterocycles. The van der Waals surface area contributed by atoms with E-state index >= 15 is 0 Å². The molecule has 0 saturated carbocycles. The second-order valence-electron chi connectivity index (χ2n) is 5.86. The molecular formula is C15H22ClNO2S2. The largest absolute Gasteiger partial charge is 0.243 e. The van der Waals surface area contributed by atoms with E-state index in [0.29, 0.717) is 23.9 Å². The molecule has 3 nitrogen and oxygen atoms in total. The molecule has 0 N–H and O–H groups in total. The van der Waals surface area contributed by atoms with Crippen LogP contribution in [0.5, 0.6) is 0 Å². The Hall–Kier alpha value is -0.230. The van der Waals surface area contributed by atoms with E-state index in [4.69, 9.17) is 11.6 Å². The molecule has 0 atom stereocenters. The van der Waals surface area contributed by atoms with Gasteiger partial charge >= 0.3 is 0 Å². The Bertz CT molecular complexity index is 614. The maximum absolute atomic E-state index is 12.8. The lowest BCUT2D eigenvalue weighted by atomic mass is 10.1. The Balaban J connectivity index is 2.35. The van der Waals surface area contributed by atoms with Crippen LogP contribution in [0.4, 0.5) is 0 Å². The maximum atomic E-state index is 12.8. The van der Waals surface area contributed by atoms with Crippen LogP contribution >= 0.6 is 23.4 Å². The SMILES string of the molecule is CCc1ccc(S(=O)(=O)N2CCSC(C)(C)C2)cc1CCl. The van der Waals surface area contributed by atoms with E-state index in [1.165, 1.54) is 0 Å². The second kappa shape index (κ2) is 6.49. The van der Waals surface area contributed by atoms with Crippen molar-refractivity contribution in [1.82, 2.24) is 4.31 Å². The van der Waals surface area contributed by atoms with Gasteiger partial charge in [0.2, 0.25) is 10.0 Å². The van der Waals surface area contributed by atoms with Gasteiger partial charge in [-0.25, -0.2) is 8.42 Å². The highest BCUT2D eigenvalue weighted by Gasteiger charge is 2.34. The minimum Gasteiger partial charge on any atom is -0.207 e. The monoisotopic (exact) mass is 347 g/mol. The van der Waals surface area contributed by atoms with Gasteiger partial charge in [-0.15, -0.1) is 11.6 Å². The average molecular weight is 348 g/mol. The van der Waals surface area contributed by atoms with Gasteiger partial charge in [0.05, 0.1) is 4.90 Å². The topological polar surface area (TPSA) is 37.4 Å². The molecule has 1 aromatic carbocycles. The van der Waals surface area contributed by atoms with Gasteiger partial charge in [0.1, 0.15) is 0 Å². The van der Waals surface area contributed by atoms with E-state index in [9.17, 15) is 8.42 Å². The zero-order valence-electron chi connectivity index (χ0n) is 12.7. The maximum Gasteiger partial charge on any atom is 0.243 e. The third-order valence-electron chi connectivity index (χ3n) is 3.73. The molecule has 0 bridgehead atoms. The van der Waals surface area contributed by atoms with Crippen molar-refractivity contribution in [3.05, 3.63) is 29.3 Å². The highest BCUT2D eigenvalue weighted by Crippen LogP contribution is 2.32. The number of hydrogen-bond donors (Lipinski definition) is 0. The summed E-state index contributed by atoms with van der Waals surface area (Å²) in [5.74, 6) is 1.18. The summed E-state index contributed by atoms with van der Waals surface area (Å²) < 4.78 is 27.2. The van der Waals surface area contributed by atoms with E-state index in [2.05, 4.69) is 13.8 Å². The first-order valence-corrected chi connectivity index (χ1v) is 10.1. The summed E-state index contributed by atoms with van der Waals surface area (Å²) in [6.45, 7) is 7.34. The zero-order valence-corrected chi connectivity index (χ0v) is 15.1. The van der Waals surface area contributed by atoms with Gasteiger partial charge in [-0.1, -0.05) is 13.0 Å². The number of sulfonamides is 1. The predicted molar refractivity (Wildman–Crippen MR) is 90.7 cm³/mol. The van der Waals surface area contributed by atoms with Crippen LogP contribution in [0, 0.1) is 0 Å². The van der Waals surface area contributed by atoms with Crippen LogP contribution in [-0.4, -0.2) is 36.3 Å². The molecule has 6 heteroatoms. The molecule has 1 fully saturated rings. The van der Waals surface area contributed by atoms with Gasteiger partial charge in [0.15, 0.2) is 0 Å². The Kier molecular flexibility index (Phi) is 5.29. The number of hydrogen-bond acceptors (Lipinski definition) is 3. The van der Waals surface area contributed by atoms with Crippen LogP contribution in [0.15, 0.2) is 23.1 Å². The van der Waals surface area contributed by atoms with Crippen LogP contribution in [-0.2, 0) is 22.3 Å². The molecule has 1 aliphatic rings. The highest BCUT2D eigenvalue weighted by molar-refractivity contribution is 8.00. The van der Waals surface area contributed by atoms with Gasteiger partial charge in [-0.3, -0.25) is 0 Å². The summed E-state index contributed by atoms with van der Waals surface area (Å²) in [6, 6.07) is 5.32. The molecule has 118 valence electrons. The molecular weight excluding hydrogens is 326 g/mol. The molecule has 0 amide bonds. The van der Waals surface area contributed by atoms with Gasteiger partial charge in [-0.2, -0.15) is 16.1 Å². The van der Waals surface area contributed by atoms with Gasteiger partial charge < -0.3 is 0 Å². The highest BCUT2D eigenvalue weighted by atomic mass is 35.5. The van der Waals surface area contributed by atoms with Crippen molar-refractivity contribution >= 4 is 33.4 Å². The van der Waals surface area contributed by atoms with Crippen molar-refractivity contribution in [3.63, 3.8) is 0 Å². The van der Waals surface area contributed by atoms with E-state index in [1.807, 2.05) is 24.8 Å². The van der Waals surface area contributed by atoms with Gasteiger partial charge in [0.25, 0.3) is 0 Å². The van der Waals surface area contributed by atoms with E-state index in [0.717, 1.165) is 23.3 Å². The first kappa shape index (κ1) is 17.1. The Morgan fingerprint density at radius 2 is 2.05 bits per heavy atom. The number of rotatable bonds is 4. The Morgan fingerprint density at radius 3 is 2.62 bits per heavy atom. The van der Waals surface area contributed by atoms with Gasteiger partial charge in [0, 0.05) is 29.5 Å². The number of nitrogens with zero attached hydrogens (tertiary/aromatic N) is 1. The number of thioether (sulfide) groups is 1. The molecule has 0 radical (unpaired) electrons. The standard InChI is InChI=1S/C15H22ClNO2S2/c1-4-12-5-6-14(9-13(12)10-16)21(18,19)17-7-8-20-15(2,3)11-17/h5-6,9H,4,7-8,10-11H2,1-3H3. The Labute approximate surface area is 137 Å². The van der Waals surface area contributed by atoms with Crippen molar-refractivity contribution in [2.75, 3.05) is 18.8 Å². The molecule has 1 saturated heterocycles. The summed E-state index contributed by atoms with van der Waals surface area (Å²) in [5, 5.41) is 0. The number of halogens is 1. The minimum atomic E-state index is -3.43. The summed E-state index contributed by atoms with van der Waals surface area (Å²) in [4.78, 5) is 0.359. The third-order valence-corrected chi connectivity index (χ3v) is 7.16. The predicted octanol–water partition coefficient (Wildman–Crippen LogP) is 3.50. The lowest BCUT2D eigenvalue weighted by Gasteiger charge is -2.36. The molecule has 0 unspecified atom stereocenters. The molecule has 1 aliphatic heterocycles. The van der Waals surface area contributed by atoms with Crippen LogP contribution in [0.25, 0.3) is 0 Å². The summed E-state index contributed by atoms with van der Waals surface area (Å²) in [7, 11) is -3.43. The molecule has 2 rings (SSSR count). The number of benzene rings is 1. The minimum absolute atomic E-state index is 0.0377. The first-order valence-electron chi connectivity index (χ1n) is 7.12. The number of aryl methyl sites for hydroxylation is 1. The molecule has 0 aliphatic carbocycles. The van der Waals surface area contributed by atoms with Crippen molar-refractivity contribution in [2.24, 2.45) is 0 Å². The fourth-order valence-corrected chi connectivity index (χ4v) is 5.77. The first-order chi connectivity index (χ1) is 9.80. The van der Waals surface area contributed by atoms with E-state index < -0.39 is 10.0 Å². The summed E-state index contributed by atoms with van der Waals surface area (Å²) in [6.07, 6.45) is 0.857. The fraction of sp³-hybridized carbons (Fsp3) is 0.600. The molecule has 0 spiro atoms. The van der Waals surface area contributed by atoms with Crippen molar-refractivity contribution in [1.29, 1.82) is 0 Å². The van der Waals surface area contributed by atoms with Crippen molar-refractivity contribution in [3.8, 4) is 0 Å². The fourth-order valence-electron chi connectivity index (χ4n) is 2.56. The van der Waals surface area contributed by atoms with Crippen molar-refractivity contribution in [2.45, 2.75) is 42.7 Å².